The fraction of sp³-hybridized carbons (Fsp3) is 0.571. The van der Waals surface area contributed by atoms with Crippen LogP contribution in [-0.2, 0) is 6.42 Å². The molecule has 2 nitrogen and oxygen atoms in total. The largest absolute Gasteiger partial charge is 0.371 e. The summed E-state index contributed by atoms with van der Waals surface area (Å²) in [5.74, 6) is 0. The van der Waals surface area contributed by atoms with Crippen LogP contribution in [0, 0.1) is 0 Å². The van der Waals surface area contributed by atoms with E-state index in [9.17, 15) is 0 Å². The quantitative estimate of drug-likeness (QED) is 0.820. The summed E-state index contributed by atoms with van der Waals surface area (Å²) in [5.41, 5.74) is 2.82. The molecule has 0 amide bonds. The zero-order chi connectivity index (χ0) is 11.2. The predicted molar refractivity (Wildman–Crippen MR) is 70.1 cm³/mol. The molecule has 1 saturated heterocycles. The number of anilines is 1. The molecule has 1 aliphatic heterocycles. The third-order valence-corrected chi connectivity index (χ3v) is 3.27. The molecular formula is C14H22N2. The van der Waals surface area contributed by atoms with Gasteiger partial charge in [-0.15, -0.1) is 0 Å². The van der Waals surface area contributed by atoms with Gasteiger partial charge in [-0.1, -0.05) is 19.1 Å². The number of aryl methyl sites for hydroxylation is 1. The average molecular weight is 218 g/mol. The Balaban J connectivity index is 2.02. The second kappa shape index (κ2) is 5.90. The van der Waals surface area contributed by atoms with Crippen molar-refractivity contribution in [3.63, 3.8) is 0 Å². The first-order valence-electron chi connectivity index (χ1n) is 6.45. The standard InChI is InChI=1S/C14H22N2/c1-2-13-5-7-14(8-6-13)16-11-3-9-15-10-4-12-16/h5-8,15H,2-4,9-12H2,1H3. The van der Waals surface area contributed by atoms with Crippen LogP contribution in [0.15, 0.2) is 24.3 Å². The van der Waals surface area contributed by atoms with E-state index in [0.717, 1.165) is 19.5 Å². The van der Waals surface area contributed by atoms with Crippen molar-refractivity contribution in [2.45, 2.75) is 26.2 Å². The lowest BCUT2D eigenvalue weighted by atomic mass is 10.1. The lowest BCUT2D eigenvalue weighted by molar-refractivity contribution is 0.567. The van der Waals surface area contributed by atoms with Gasteiger partial charge in [0.1, 0.15) is 0 Å². The Morgan fingerprint density at radius 1 is 1.06 bits per heavy atom. The Morgan fingerprint density at radius 3 is 2.25 bits per heavy atom. The maximum Gasteiger partial charge on any atom is 0.0366 e. The summed E-state index contributed by atoms with van der Waals surface area (Å²) in [4.78, 5) is 2.51. The van der Waals surface area contributed by atoms with Gasteiger partial charge in [-0.25, -0.2) is 0 Å². The van der Waals surface area contributed by atoms with Crippen molar-refractivity contribution in [3.05, 3.63) is 29.8 Å². The van der Waals surface area contributed by atoms with Crippen LogP contribution in [-0.4, -0.2) is 26.2 Å². The lowest BCUT2D eigenvalue weighted by Crippen LogP contribution is -2.33. The molecule has 0 bridgehead atoms. The summed E-state index contributed by atoms with van der Waals surface area (Å²) < 4.78 is 0. The molecule has 16 heavy (non-hydrogen) atoms. The molecule has 0 aromatic heterocycles. The molecule has 1 aromatic rings. The molecule has 2 heteroatoms. The van der Waals surface area contributed by atoms with E-state index < -0.39 is 0 Å². The van der Waals surface area contributed by atoms with Gasteiger partial charge >= 0.3 is 0 Å². The molecule has 0 unspecified atom stereocenters. The van der Waals surface area contributed by atoms with E-state index in [2.05, 4.69) is 41.4 Å². The molecule has 0 spiro atoms. The van der Waals surface area contributed by atoms with Crippen LogP contribution in [0.1, 0.15) is 25.3 Å². The number of benzene rings is 1. The second-order valence-corrected chi connectivity index (χ2v) is 4.46. The smallest absolute Gasteiger partial charge is 0.0366 e. The van der Waals surface area contributed by atoms with Gasteiger partial charge in [-0.2, -0.15) is 0 Å². The van der Waals surface area contributed by atoms with Crippen molar-refractivity contribution in [2.75, 3.05) is 31.1 Å². The maximum absolute atomic E-state index is 3.45. The first-order chi connectivity index (χ1) is 7.90. The van der Waals surface area contributed by atoms with E-state index in [1.165, 1.54) is 37.2 Å². The Kier molecular flexibility index (Phi) is 4.23. The van der Waals surface area contributed by atoms with Gasteiger partial charge in [0.05, 0.1) is 0 Å². The molecule has 0 saturated carbocycles. The fourth-order valence-electron chi connectivity index (χ4n) is 2.23. The monoisotopic (exact) mass is 218 g/mol. The van der Waals surface area contributed by atoms with Crippen molar-refractivity contribution in [1.29, 1.82) is 0 Å². The average Bonchev–Trinajstić information content (AvgIpc) is 2.29. The highest BCUT2D eigenvalue weighted by Crippen LogP contribution is 2.16. The predicted octanol–water partition coefficient (Wildman–Crippen LogP) is 2.44. The van der Waals surface area contributed by atoms with Gasteiger partial charge in [-0.3, -0.25) is 0 Å². The summed E-state index contributed by atoms with van der Waals surface area (Å²) in [6, 6.07) is 9.06. The molecule has 0 aliphatic carbocycles. The Morgan fingerprint density at radius 2 is 1.69 bits per heavy atom. The van der Waals surface area contributed by atoms with Gasteiger partial charge in [0, 0.05) is 18.8 Å². The van der Waals surface area contributed by atoms with Crippen molar-refractivity contribution in [1.82, 2.24) is 5.32 Å². The molecule has 1 heterocycles. The molecule has 88 valence electrons. The van der Waals surface area contributed by atoms with E-state index in [-0.39, 0.29) is 0 Å². The molecular weight excluding hydrogens is 196 g/mol. The molecule has 2 rings (SSSR count). The number of hydrogen-bond donors (Lipinski definition) is 1. The van der Waals surface area contributed by atoms with Gasteiger partial charge in [-0.05, 0) is 50.0 Å². The minimum absolute atomic E-state index is 1.13. The SMILES string of the molecule is CCc1ccc(N2CCCNCCC2)cc1. The third kappa shape index (κ3) is 2.99. The van der Waals surface area contributed by atoms with Crippen LogP contribution < -0.4 is 10.2 Å². The minimum atomic E-state index is 1.13. The van der Waals surface area contributed by atoms with Crippen LogP contribution in [0.4, 0.5) is 5.69 Å². The number of hydrogen-bond acceptors (Lipinski definition) is 2. The second-order valence-electron chi connectivity index (χ2n) is 4.46. The van der Waals surface area contributed by atoms with Crippen LogP contribution in [0.5, 0.6) is 0 Å². The Labute approximate surface area is 98.7 Å². The van der Waals surface area contributed by atoms with Gasteiger partial charge in [0.2, 0.25) is 0 Å². The maximum atomic E-state index is 3.45. The summed E-state index contributed by atoms with van der Waals surface area (Å²) in [7, 11) is 0. The summed E-state index contributed by atoms with van der Waals surface area (Å²) in [6.45, 7) is 6.88. The zero-order valence-electron chi connectivity index (χ0n) is 10.2. The molecule has 1 N–H and O–H groups in total. The van der Waals surface area contributed by atoms with Gasteiger partial charge in [0.15, 0.2) is 0 Å². The van der Waals surface area contributed by atoms with Gasteiger partial charge in [0.25, 0.3) is 0 Å². The Hall–Kier alpha value is -1.02. The van der Waals surface area contributed by atoms with Crippen molar-refractivity contribution in [2.24, 2.45) is 0 Å². The summed E-state index contributed by atoms with van der Waals surface area (Å²) >= 11 is 0. The zero-order valence-corrected chi connectivity index (χ0v) is 10.2. The number of rotatable bonds is 2. The molecule has 1 aliphatic rings. The van der Waals surface area contributed by atoms with Crippen LogP contribution in [0.2, 0.25) is 0 Å². The van der Waals surface area contributed by atoms with Gasteiger partial charge < -0.3 is 10.2 Å². The number of nitrogens with zero attached hydrogens (tertiary/aromatic N) is 1. The van der Waals surface area contributed by atoms with Crippen molar-refractivity contribution >= 4 is 5.69 Å². The van der Waals surface area contributed by atoms with Crippen molar-refractivity contribution in [3.8, 4) is 0 Å². The van der Waals surface area contributed by atoms with E-state index in [0.29, 0.717) is 0 Å². The van der Waals surface area contributed by atoms with Crippen LogP contribution in [0.3, 0.4) is 0 Å². The van der Waals surface area contributed by atoms with E-state index >= 15 is 0 Å². The first-order valence-corrected chi connectivity index (χ1v) is 6.45. The fourth-order valence-corrected chi connectivity index (χ4v) is 2.23. The summed E-state index contributed by atoms with van der Waals surface area (Å²) in [6.07, 6.45) is 3.62. The highest BCUT2D eigenvalue weighted by molar-refractivity contribution is 5.47. The molecule has 1 aromatic carbocycles. The normalized spacial score (nSPS) is 17.9. The highest BCUT2D eigenvalue weighted by Gasteiger charge is 2.08. The topological polar surface area (TPSA) is 15.3 Å². The van der Waals surface area contributed by atoms with Crippen molar-refractivity contribution < 1.29 is 0 Å². The molecule has 0 atom stereocenters. The third-order valence-electron chi connectivity index (χ3n) is 3.27. The minimum Gasteiger partial charge on any atom is -0.371 e. The van der Waals surface area contributed by atoms with E-state index in [4.69, 9.17) is 0 Å². The van der Waals surface area contributed by atoms with Crippen LogP contribution in [0.25, 0.3) is 0 Å². The lowest BCUT2D eigenvalue weighted by Gasteiger charge is -2.27. The number of nitrogens with one attached hydrogen (secondary N) is 1. The summed E-state index contributed by atoms with van der Waals surface area (Å²) in [5, 5.41) is 3.45. The van der Waals surface area contributed by atoms with E-state index in [1.807, 2.05) is 0 Å². The molecule has 1 fully saturated rings. The first kappa shape index (κ1) is 11.5. The highest BCUT2D eigenvalue weighted by atomic mass is 15.1. The molecule has 0 radical (unpaired) electrons. The van der Waals surface area contributed by atoms with Crippen LogP contribution >= 0.6 is 0 Å². The Bertz CT molecular complexity index is 297. The van der Waals surface area contributed by atoms with E-state index in [1.54, 1.807) is 0 Å².